The average Bonchev–Trinajstić information content (AvgIpc) is 2.27. The van der Waals surface area contributed by atoms with E-state index < -0.39 is 0 Å². The quantitative estimate of drug-likeness (QED) is 0.877. The van der Waals surface area contributed by atoms with Crippen LogP contribution in [0.5, 0.6) is 0 Å². The Balaban J connectivity index is 2.86. The molecule has 17 heavy (non-hydrogen) atoms. The Morgan fingerprint density at radius 1 is 1.53 bits per heavy atom. The number of hydrogen-bond donors (Lipinski definition) is 1. The molecule has 1 aromatic heterocycles. The van der Waals surface area contributed by atoms with Crippen LogP contribution in [0.2, 0.25) is 0 Å². The maximum Gasteiger partial charge on any atom is 0.293 e. The molecule has 5 heteroatoms. The van der Waals surface area contributed by atoms with Gasteiger partial charge in [0.25, 0.3) is 5.56 Å². The van der Waals surface area contributed by atoms with Crippen molar-refractivity contribution >= 4 is 17.6 Å². The van der Waals surface area contributed by atoms with Crippen LogP contribution in [0, 0.1) is 0 Å². The lowest BCUT2D eigenvalue weighted by Crippen LogP contribution is -2.31. The van der Waals surface area contributed by atoms with Crippen molar-refractivity contribution in [2.45, 2.75) is 38.5 Å². The first-order valence-electron chi connectivity index (χ1n) is 5.73. The predicted molar refractivity (Wildman–Crippen MR) is 75.0 cm³/mol. The Kier molecular flexibility index (Phi) is 4.62. The van der Waals surface area contributed by atoms with E-state index in [2.05, 4.69) is 30.4 Å². The summed E-state index contributed by atoms with van der Waals surface area (Å²) in [6.45, 7) is 8.95. The van der Waals surface area contributed by atoms with E-state index in [1.54, 1.807) is 28.7 Å². The Morgan fingerprint density at radius 3 is 2.71 bits per heavy atom. The molecular formula is C12H21N3OS. The summed E-state index contributed by atoms with van der Waals surface area (Å²) in [6, 6.07) is 0.152. The van der Waals surface area contributed by atoms with Crippen LogP contribution < -0.4 is 10.9 Å². The van der Waals surface area contributed by atoms with Crippen molar-refractivity contribution in [1.29, 1.82) is 0 Å². The highest BCUT2D eigenvalue weighted by Crippen LogP contribution is 2.20. The second kappa shape index (κ2) is 5.58. The number of hydrogen-bond acceptors (Lipinski definition) is 4. The summed E-state index contributed by atoms with van der Waals surface area (Å²) >= 11 is 1.76. The number of anilines is 1. The van der Waals surface area contributed by atoms with Gasteiger partial charge in [0, 0.05) is 29.7 Å². The van der Waals surface area contributed by atoms with E-state index in [1.165, 1.54) is 0 Å². The normalized spacial score (nSPS) is 11.9. The molecule has 0 unspecified atom stereocenters. The molecule has 0 aliphatic heterocycles. The number of aromatic nitrogens is 2. The predicted octanol–water partition coefficient (Wildman–Crippen LogP) is 2.38. The van der Waals surface area contributed by atoms with Crippen LogP contribution in [0.1, 0.15) is 33.7 Å². The van der Waals surface area contributed by atoms with Gasteiger partial charge in [-0.25, -0.2) is 4.98 Å². The SMILES string of the molecule is CSC(C)(C)CNc1nccn(C(C)C)c1=O. The van der Waals surface area contributed by atoms with E-state index in [0.717, 1.165) is 6.54 Å². The first kappa shape index (κ1) is 14.1. The summed E-state index contributed by atoms with van der Waals surface area (Å²) in [5, 5.41) is 3.13. The molecule has 0 atom stereocenters. The summed E-state index contributed by atoms with van der Waals surface area (Å²) in [7, 11) is 0. The molecule has 1 rings (SSSR count). The van der Waals surface area contributed by atoms with Crippen LogP contribution in [0.4, 0.5) is 5.82 Å². The minimum absolute atomic E-state index is 0.0561. The van der Waals surface area contributed by atoms with Crippen molar-refractivity contribution < 1.29 is 0 Å². The second-order valence-corrected chi connectivity index (χ2v) is 6.41. The molecule has 1 aromatic rings. The van der Waals surface area contributed by atoms with Gasteiger partial charge < -0.3 is 9.88 Å². The maximum absolute atomic E-state index is 12.0. The fraction of sp³-hybridized carbons (Fsp3) is 0.667. The summed E-state index contributed by atoms with van der Waals surface area (Å²) in [6.07, 6.45) is 5.44. The third-order valence-electron chi connectivity index (χ3n) is 2.66. The Labute approximate surface area is 107 Å². The molecule has 0 bridgehead atoms. The summed E-state index contributed by atoms with van der Waals surface area (Å²) < 4.78 is 1.77. The fourth-order valence-electron chi connectivity index (χ4n) is 1.32. The Hall–Kier alpha value is -0.970. The molecule has 0 saturated carbocycles. The molecule has 1 heterocycles. The molecule has 0 saturated heterocycles. The maximum atomic E-state index is 12.0. The van der Waals surface area contributed by atoms with Crippen molar-refractivity contribution in [3.63, 3.8) is 0 Å². The van der Waals surface area contributed by atoms with Crippen LogP contribution in [0.3, 0.4) is 0 Å². The van der Waals surface area contributed by atoms with Crippen molar-refractivity contribution in [1.82, 2.24) is 9.55 Å². The zero-order chi connectivity index (χ0) is 13.1. The van der Waals surface area contributed by atoms with E-state index in [9.17, 15) is 4.79 Å². The van der Waals surface area contributed by atoms with Gasteiger partial charge in [-0.15, -0.1) is 0 Å². The largest absolute Gasteiger partial charge is 0.364 e. The lowest BCUT2D eigenvalue weighted by molar-refractivity contribution is 0.574. The van der Waals surface area contributed by atoms with E-state index in [-0.39, 0.29) is 16.3 Å². The molecule has 0 radical (unpaired) electrons. The Morgan fingerprint density at radius 2 is 2.18 bits per heavy atom. The molecule has 0 fully saturated rings. The molecule has 0 spiro atoms. The minimum atomic E-state index is -0.0561. The van der Waals surface area contributed by atoms with E-state index in [0.29, 0.717) is 5.82 Å². The highest BCUT2D eigenvalue weighted by molar-refractivity contribution is 7.99. The lowest BCUT2D eigenvalue weighted by atomic mass is 10.2. The third kappa shape index (κ3) is 3.77. The minimum Gasteiger partial charge on any atom is -0.364 e. The first-order chi connectivity index (χ1) is 7.87. The monoisotopic (exact) mass is 255 g/mol. The molecule has 0 amide bonds. The average molecular weight is 255 g/mol. The van der Waals surface area contributed by atoms with Crippen LogP contribution in [-0.2, 0) is 0 Å². The van der Waals surface area contributed by atoms with Crippen LogP contribution in [0.15, 0.2) is 17.2 Å². The van der Waals surface area contributed by atoms with Crippen molar-refractivity contribution in [3.8, 4) is 0 Å². The van der Waals surface area contributed by atoms with Gasteiger partial charge in [0.2, 0.25) is 0 Å². The van der Waals surface area contributed by atoms with Crippen LogP contribution in [0.25, 0.3) is 0 Å². The van der Waals surface area contributed by atoms with Gasteiger partial charge >= 0.3 is 0 Å². The second-order valence-electron chi connectivity index (χ2n) is 4.90. The molecule has 96 valence electrons. The van der Waals surface area contributed by atoms with E-state index in [1.807, 2.05) is 13.8 Å². The van der Waals surface area contributed by atoms with E-state index in [4.69, 9.17) is 0 Å². The molecule has 4 nitrogen and oxygen atoms in total. The number of nitrogens with one attached hydrogen (secondary N) is 1. The topological polar surface area (TPSA) is 46.9 Å². The highest BCUT2D eigenvalue weighted by Gasteiger charge is 2.17. The third-order valence-corrected chi connectivity index (χ3v) is 3.91. The first-order valence-corrected chi connectivity index (χ1v) is 6.96. The number of rotatable bonds is 5. The lowest BCUT2D eigenvalue weighted by Gasteiger charge is -2.22. The molecular weight excluding hydrogens is 234 g/mol. The van der Waals surface area contributed by atoms with E-state index >= 15 is 0 Å². The van der Waals surface area contributed by atoms with Gasteiger partial charge in [-0.2, -0.15) is 11.8 Å². The molecule has 1 N–H and O–H groups in total. The van der Waals surface area contributed by atoms with Crippen LogP contribution >= 0.6 is 11.8 Å². The Bertz CT molecular complexity index is 426. The molecule has 0 aliphatic rings. The van der Waals surface area contributed by atoms with Crippen molar-refractivity contribution in [2.75, 3.05) is 18.1 Å². The van der Waals surface area contributed by atoms with Crippen LogP contribution in [-0.4, -0.2) is 27.1 Å². The number of nitrogens with zero attached hydrogens (tertiary/aromatic N) is 2. The summed E-state index contributed by atoms with van der Waals surface area (Å²) in [5.74, 6) is 0.434. The van der Waals surface area contributed by atoms with Gasteiger partial charge in [0.15, 0.2) is 5.82 Å². The zero-order valence-electron chi connectivity index (χ0n) is 11.2. The van der Waals surface area contributed by atoms with Gasteiger partial charge in [-0.3, -0.25) is 4.79 Å². The van der Waals surface area contributed by atoms with Gasteiger partial charge in [0.1, 0.15) is 0 Å². The summed E-state index contributed by atoms with van der Waals surface area (Å²) in [5.41, 5.74) is -0.0561. The van der Waals surface area contributed by atoms with Gasteiger partial charge in [-0.05, 0) is 34.0 Å². The van der Waals surface area contributed by atoms with Crippen molar-refractivity contribution in [2.24, 2.45) is 0 Å². The highest BCUT2D eigenvalue weighted by atomic mass is 32.2. The molecule has 0 aliphatic carbocycles. The fourth-order valence-corrected chi connectivity index (χ4v) is 1.54. The van der Waals surface area contributed by atoms with Gasteiger partial charge in [0.05, 0.1) is 0 Å². The smallest absolute Gasteiger partial charge is 0.293 e. The molecule has 0 aromatic carbocycles. The summed E-state index contributed by atoms with van der Waals surface area (Å²) in [4.78, 5) is 16.2. The zero-order valence-corrected chi connectivity index (χ0v) is 12.0. The van der Waals surface area contributed by atoms with Gasteiger partial charge in [-0.1, -0.05) is 0 Å². The van der Waals surface area contributed by atoms with Crippen molar-refractivity contribution in [3.05, 3.63) is 22.7 Å². The standard InChI is InChI=1S/C12H21N3OS/c1-9(2)15-7-6-13-10(11(15)16)14-8-12(3,4)17-5/h6-7,9H,8H2,1-5H3,(H,13,14). The number of thioether (sulfide) groups is 1.